The van der Waals surface area contributed by atoms with Crippen molar-refractivity contribution in [3.8, 4) is 0 Å². The third-order valence-corrected chi connectivity index (χ3v) is 3.64. The summed E-state index contributed by atoms with van der Waals surface area (Å²) in [6, 6.07) is -1.73. The van der Waals surface area contributed by atoms with Gasteiger partial charge in [-0.1, -0.05) is 0 Å². The van der Waals surface area contributed by atoms with Crippen LogP contribution in [-0.2, 0) is 19.1 Å². The molecule has 106 valence electrons. The second kappa shape index (κ2) is 5.26. The highest BCUT2D eigenvalue weighted by atomic mass is 16.6. The molecule has 3 unspecified atom stereocenters. The number of Topliss-reactive ketones (excluding diaryl/α,β-unsaturated/α-hetero) is 1. The predicted molar refractivity (Wildman–Crippen MR) is 64.2 cm³/mol. The minimum Gasteiger partial charge on any atom is -0.480 e. The lowest BCUT2D eigenvalue weighted by Gasteiger charge is -2.23. The molecule has 0 bridgehead atoms. The number of carboxylic acid groups (broad SMARTS) is 1. The van der Waals surface area contributed by atoms with Gasteiger partial charge in [0.25, 0.3) is 0 Å². The highest BCUT2D eigenvalue weighted by molar-refractivity contribution is 5.87. The molecule has 0 spiro atoms. The molecule has 1 aliphatic carbocycles. The third-order valence-electron chi connectivity index (χ3n) is 3.64. The molecule has 1 saturated heterocycles. The molecule has 1 aliphatic heterocycles. The van der Waals surface area contributed by atoms with Gasteiger partial charge in [0.05, 0.1) is 12.1 Å². The van der Waals surface area contributed by atoms with Crippen molar-refractivity contribution in [2.45, 2.75) is 50.5 Å². The zero-order chi connectivity index (χ0) is 14.2. The van der Waals surface area contributed by atoms with Gasteiger partial charge in [0, 0.05) is 6.42 Å². The van der Waals surface area contributed by atoms with Gasteiger partial charge in [-0.2, -0.15) is 0 Å². The van der Waals surface area contributed by atoms with E-state index in [0.717, 1.165) is 0 Å². The molecule has 0 aromatic carbocycles. The summed E-state index contributed by atoms with van der Waals surface area (Å²) in [7, 11) is 0. The Balaban J connectivity index is 1.92. The number of fused-ring (bicyclic) bond motifs is 1. The molecule has 5 atom stereocenters. The molecule has 7 heteroatoms. The fourth-order valence-corrected chi connectivity index (χ4v) is 2.45. The fraction of sp³-hybridized carbons (Fsp3) is 0.750. The summed E-state index contributed by atoms with van der Waals surface area (Å²) in [6.45, 7) is 1.49. The number of carboxylic acids is 1. The molecule has 1 saturated carbocycles. The Morgan fingerprint density at radius 2 is 2.26 bits per heavy atom. The molecule has 2 fully saturated rings. The number of amides is 1. The van der Waals surface area contributed by atoms with Gasteiger partial charge in [-0.25, -0.2) is 4.79 Å². The van der Waals surface area contributed by atoms with Crippen molar-refractivity contribution < 1.29 is 24.2 Å². The van der Waals surface area contributed by atoms with E-state index in [-0.39, 0.29) is 30.3 Å². The topological polar surface area (TPSA) is 122 Å². The first-order valence-electron chi connectivity index (χ1n) is 6.37. The molecule has 2 rings (SSSR count). The van der Waals surface area contributed by atoms with Crippen LogP contribution >= 0.6 is 0 Å². The first-order valence-corrected chi connectivity index (χ1v) is 6.37. The van der Waals surface area contributed by atoms with Crippen molar-refractivity contribution >= 4 is 17.7 Å². The summed E-state index contributed by atoms with van der Waals surface area (Å²) >= 11 is 0. The number of nitrogens with two attached hydrogens (primary N) is 1. The van der Waals surface area contributed by atoms with Crippen LogP contribution in [0.15, 0.2) is 0 Å². The van der Waals surface area contributed by atoms with Crippen LogP contribution in [0.2, 0.25) is 0 Å². The number of ketones is 1. The number of rotatable bonds is 5. The average molecular weight is 270 g/mol. The van der Waals surface area contributed by atoms with Crippen LogP contribution in [0.5, 0.6) is 0 Å². The molecule has 0 radical (unpaired) electrons. The Bertz CT molecular complexity index is 409. The maximum Gasteiger partial charge on any atom is 0.326 e. The van der Waals surface area contributed by atoms with Crippen LogP contribution in [0.25, 0.3) is 0 Å². The van der Waals surface area contributed by atoms with Crippen molar-refractivity contribution in [2.75, 3.05) is 0 Å². The molecule has 19 heavy (non-hydrogen) atoms. The van der Waals surface area contributed by atoms with Crippen molar-refractivity contribution in [2.24, 2.45) is 11.7 Å². The Kier molecular flexibility index (Phi) is 3.86. The van der Waals surface area contributed by atoms with Gasteiger partial charge < -0.3 is 20.9 Å². The first kappa shape index (κ1) is 14.0. The van der Waals surface area contributed by atoms with Crippen LogP contribution in [0.1, 0.15) is 26.2 Å². The van der Waals surface area contributed by atoms with E-state index in [2.05, 4.69) is 5.32 Å². The van der Waals surface area contributed by atoms with E-state index < -0.39 is 24.0 Å². The fourth-order valence-electron chi connectivity index (χ4n) is 2.45. The summed E-state index contributed by atoms with van der Waals surface area (Å²) in [5.74, 6) is -1.50. The molecule has 0 aromatic rings. The number of hydrogen-bond acceptors (Lipinski definition) is 5. The highest BCUT2D eigenvalue weighted by Gasteiger charge is 2.53. The molecule has 2 aliphatic rings. The van der Waals surface area contributed by atoms with E-state index in [4.69, 9.17) is 15.6 Å². The van der Waals surface area contributed by atoms with Crippen LogP contribution < -0.4 is 11.1 Å². The lowest BCUT2D eigenvalue weighted by atomic mass is 9.84. The number of epoxide rings is 1. The second-order valence-electron chi connectivity index (χ2n) is 5.21. The zero-order valence-corrected chi connectivity index (χ0v) is 10.7. The second-order valence-corrected chi connectivity index (χ2v) is 5.21. The normalized spacial score (nSPS) is 32.1. The van der Waals surface area contributed by atoms with Crippen LogP contribution in [-0.4, -0.2) is 47.1 Å². The van der Waals surface area contributed by atoms with E-state index in [1.807, 2.05) is 0 Å². The summed E-state index contributed by atoms with van der Waals surface area (Å²) in [5, 5.41) is 11.5. The minimum absolute atomic E-state index is 0.00261. The predicted octanol–water partition coefficient (Wildman–Crippen LogP) is -0.960. The van der Waals surface area contributed by atoms with Crippen molar-refractivity contribution in [1.82, 2.24) is 5.32 Å². The standard InChI is InChI=1S/C12H18N2O5/c1-5(13)11(16)14-7(12(17)18)4-6-2-3-8(15)10-9(6)19-10/h5-7,9-10H,2-4,13H2,1H3,(H,14,16)(H,17,18)/t5-,6?,7-,9?,10?/m0/s1. The largest absolute Gasteiger partial charge is 0.480 e. The van der Waals surface area contributed by atoms with Crippen molar-refractivity contribution in [1.29, 1.82) is 0 Å². The molecule has 1 amide bonds. The van der Waals surface area contributed by atoms with Crippen LogP contribution in [0, 0.1) is 5.92 Å². The van der Waals surface area contributed by atoms with Crippen LogP contribution in [0.4, 0.5) is 0 Å². The van der Waals surface area contributed by atoms with Gasteiger partial charge in [-0.15, -0.1) is 0 Å². The van der Waals surface area contributed by atoms with Gasteiger partial charge in [0.15, 0.2) is 5.78 Å². The number of carbonyl (C=O) groups is 3. The monoisotopic (exact) mass is 270 g/mol. The number of nitrogens with one attached hydrogen (secondary N) is 1. The Morgan fingerprint density at radius 3 is 2.84 bits per heavy atom. The Morgan fingerprint density at radius 1 is 1.58 bits per heavy atom. The number of aliphatic carboxylic acids is 1. The van der Waals surface area contributed by atoms with Gasteiger partial charge in [-0.3, -0.25) is 9.59 Å². The number of hydrogen-bond donors (Lipinski definition) is 3. The highest BCUT2D eigenvalue weighted by Crippen LogP contribution is 2.40. The first-order chi connectivity index (χ1) is 8.90. The van der Waals surface area contributed by atoms with Gasteiger partial charge in [0.2, 0.25) is 5.91 Å². The molecule has 0 aromatic heterocycles. The Labute approximate surface area is 110 Å². The van der Waals surface area contributed by atoms with Crippen molar-refractivity contribution in [3.05, 3.63) is 0 Å². The average Bonchev–Trinajstić information content (AvgIpc) is 3.11. The summed E-state index contributed by atoms with van der Waals surface area (Å²) in [4.78, 5) is 34.0. The quantitative estimate of drug-likeness (QED) is 0.553. The van der Waals surface area contributed by atoms with Gasteiger partial charge in [-0.05, 0) is 25.7 Å². The van der Waals surface area contributed by atoms with E-state index in [0.29, 0.717) is 12.8 Å². The summed E-state index contributed by atoms with van der Waals surface area (Å²) in [5.41, 5.74) is 5.40. The van der Waals surface area contributed by atoms with E-state index >= 15 is 0 Å². The zero-order valence-electron chi connectivity index (χ0n) is 10.7. The maximum absolute atomic E-state index is 11.5. The van der Waals surface area contributed by atoms with E-state index in [1.54, 1.807) is 0 Å². The van der Waals surface area contributed by atoms with Crippen molar-refractivity contribution in [3.63, 3.8) is 0 Å². The summed E-state index contributed by atoms with van der Waals surface area (Å²) in [6.07, 6.45) is 0.770. The Hall–Kier alpha value is -1.47. The van der Waals surface area contributed by atoms with Gasteiger partial charge in [0.1, 0.15) is 12.1 Å². The third kappa shape index (κ3) is 3.10. The lowest BCUT2D eigenvalue weighted by molar-refractivity contribution is -0.142. The van der Waals surface area contributed by atoms with Gasteiger partial charge >= 0.3 is 5.97 Å². The molecule has 4 N–H and O–H groups in total. The maximum atomic E-state index is 11.5. The minimum atomic E-state index is -1.09. The smallest absolute Gasteiger partial charge is 0.326 e. The molecule has 1 heterocycles. The number of ether oxygens (including phenoxy) is 1. The number of carbonyl (C=O) groups excluding carboxylic acids is 2. The SMILES string of the molecule is C[C@H](N)C(=O)N[C@@H](CC1CCC(=O)C2OC12)C(=O)O. The molecular formula is C12H18N2O5. The van der Waals surface area contributed by atoms with Crippen LogP contribution in [0.3, 0.4) is 0 Å². The lowest BCUT2D eigenvalue weighted by Crippen LogP contribution is -2.48. The van der Waals surface area contributed by atoms with E-state index in [1.165, 1.54) is 6.92 Å². The van der Waals surface area contributed by atoms with E-state index in [9.17, 15) is 14.4 Å². The molecule has 7 nitrogen and oxygen atoms in total. The summed E-state index contributed by atoms with van der Waals surface area (Å²) < 4.78 is 5.26. The molecular weight excluding hydrogens is 252 g/mol.